The molecular formula is C21H24N2O3. The molecule has 2 aromatic carbocycles. The Bertz CT molecular complexity index is 786. The number of hydrogen-bond donors (Lipinski definition) is 0. The fourth-order valence-corrected chi connectivity index (χ4v) is 3.30. The Labute approximate surface area is 154 Å². The third kappa shape index (κ3) is 3.87. The maximum Gasteiger partial charge on any atom is 0.228 e. The zero-order chi connectivity index (χ0) is 18.5. The number of para-hydroxylation sites is 1. The van der Waals surface area contributed by atoms with Gasteiger partial charge in [0.05, 0.1) is 6.61 Å². The van der Waals surface area contributed by atoms with Gasteiger partial charge in [0.25, 0.3) is 0 Å². The number of anilines is 2. The van der Waals surface area contributed by atoms with Crippen LogP contribution in [0.2, 0.25) is 0 Å². The lowest BCUT2D eigenvalue weighted by Gasteiger charge is -2.23. The highest BCUT2D eigenvalue weighted by molar-refractivity contribution is 5.97. The van der Waals surface area contributed by atoms with Gasteiger partial charge in [-0.25, -0.2) is 0 Å². The van der Waals surface area contributed by atoms with Crippen LogP contribution in [0.5, 0.6) is 5.75 Å². The van der Waals surface area contributed by atoms with Gasteiger partial charge in [-0.3, -0.25) is 9.59 Å². The number of nitrogens with zero attached hydrogens (tertiary/aromatic N) is 2. The molecule has 1 aliphatic rings. The molecule has 0 aliphatic carbocycles. The molecule has 1 heterocycles. The van der Waals surface area contributed by atoms with Crippen LogP contribution in [0.1, 0.15) is 25.8 Å². The van der Waals surface area contributed by atoms with Crippen molar-refractivity contribution in [3.05, 3.63) is 54.1 Å². The molecule has 26 heavy (non-hydrogen) atoms. The van der Waals surface area contributed by atoms with E-state index >= 15 is 0 Å². The van der Waals surface area contributed by atoms with E-state index in [-0.39, 0.29) is 11.8 Å². The van der Waals surface area contributed by atoms with Gasteiger partial charge < -0.3 is 14.5 Å². The number of amides is 2. The molecule has 0 N–H and O–H groups in total. The SMILES string of the molecule is CCOc1ccc(N(CCC(=O)N2CCc3ccccc32)C(C)=O)cc1. The summed E-state index contributed by atoms with van der Waals surface area (Å²) in [7, 11) is 0. The van der Waals surface area contributed by atoms with Gasteiger partial charge >= 0.3 is 0 Å². The van der Waals surface area contributed by atoms with Gasteiger partial charge in [-0.15, -0.1) is 0 Å². The van der Waals surface area contributed by atoms with Gasteiger partial charge in [0, 0.05) is 37.8 Å². The van der Waals surface area contributed by atoms with Crippen molar-refractivity contribution >= 4 is 23.2 Å². The number of ether oxygens (including phenoxy) is 1. The second-order valence-corrected chi connectivity index (χ2v) is 6.27. The maximum absolute atomic E-state index is 12.7. The van der Waals surface area contributed by atoms with Crippen molar-refractivity contribution in [1.82, 2.24) is 0 Å². The van der Waals surface area contributed by atoms with E-state index in [9.17, 15) is 9.59 Å². The minimum atomic E-state index is -0.0798. The molecule has 2 amide bonds. The molecule has 0 radical (unpaired) electrons. The minimum absolute atomic E-state index is 0.0483. The lowest BCUT2D eigenvalue weighted by molar-refractivity contribution is -0.118. The van der Waals surface area contributed by atoms with Crippen LogP contribution in [-0.2, 0) is 16.0 Å². The monoisotopic (exact) mass is 352 g/mol. The van der Waals surface area contributed by atoms with Crippen LogP contribution in [-0.4, -0.2) is 31.5 Å². The fourth-order valence-electron chi connectivity index (χ4n) is 3.30. The molecule has 0 saturated carbocycles. The van der Waals surface area contributed by atoms with E-state index in [2.05, 4.69) is 6.07 Å². The minimum Gasteiger partial charge on any atom is -0.494 e. The first-order valence-corrected chi connectivity index (χ1v) is 8.99. The maximum atomic E-state index is 12.7. The Balaban J connectivity index is 1.66. The van der Waals surface area contributed by atoms with Gasteiger partial charge in [-0.2, -0.15) is 0 Å². The van der Waals surface area contributed by atoms with Crippen LogP contribution in [0.4, 0.5) is 11.4 Å². The standard InChI is InChI=1S/C21H24N2O3/c1-3-26-19-10-8-18(9-11-19)22(16(2)24)15-13-21(25)23-14-12-17-6-4-5-7-20(17)23/h4-11H,3,12-15H2,1-2H3. The molecule has 3 rings (SSSR count). The fraction of sp³-hybridized carbons (Fsp3) is 0.333. The van der Waals surface area contributed by atoms with Crippen LogP contribution in [0.3, 0.4) is 0 Å². The molecule has 5 nitrogen and oxygen atoms in total. The Hall–Kier alpha value is -2.82. The zero-order valence-corrected chi connectivity index (χ0v) is 15.3. The summed E-state index contributed by atoms with van der Waals surface area (Å²) in [5.41, 5.74) is 2.97. The Kier molecular flexibility index (Phi) is 5.56. The molecule has 0 bridgehead atoms. The van der Waals surface area contributed by atoms with Crippen molar-refractivity contribution in [3.63, 3.8) is 0 Å². The van der Waals surface area contributed by atoms with Crippen molar-refractivity contribution in [2.24, 2.45) is 0 Å². The predicted molar refractivity (Wildman–Crippen MR) is 103 cm³/mol. The van der Waals surface area contributed by atoms with Gasteiger partial charge in [-0.1, -0.05) is 18.2 Å². The molecule has 0 unspecified atom stereocenters. The lowest BCUT2D eigenvalue weighted by atomic mass is 10.2. The van der Waals surface area contributed by atoms with Crippen molar-refractivity contribution in [1.29, 1.82) is 0 Å². The topological polar surface area (TPSA) is 49.9 Å². The van der Waals surface area contributed by atoms with E-state index in [1.54, 1.807) is 4.90 Å². The van der Waals surface area contributed by atoms with Crippen LogP contribution < -0.4 is 14.5 Å². The number of hydrogen-bond acceptors (Lipinski definition) is 3. The summed E-state index contributed by atoms with van der Waals surface area (Å²) in [5, 5.41) is 0. The third-order valence-corrected chi connectivity index (χ3v) is 4.58. The van der Waals surface area contributed by atoms with Gasteiger partial charge in [-0.05, 0) is 49.2 Å². The van der Waals surface area contributed by atoms with E-state index in [1.807, 2.05) is 54.3 Å². The Morgan fingerprint density at radius 3 is 2.54 bits per heavy atom. The van der Waals surface area contributed by atoms with Gasteiger partial charge in [0.1, 0.15) is 5.75 Å². The highest BCUT2D eigenvalue weighted by Crippen LogP contribution is 2.28. The van der Waals surface area contributed by atoms with Gasteiger partial charge in [0.15, 0.2) is 0 Å². The first kappa shape index (κ1) is 18.0. The van der Waals surface area contributed by atoms with E-state index in [1.165, 1.54) is 12.5 Å². The summed E-state index contributed by atoms with van der Waals surface area (Å²) in [6.45, 7) is 5.12. The van der Waals surface area contributed by atoms with Gasteiger partial charge in [0.2, 0.25) is 11.8 Å². The summed E-state index contributed by atoms with van der Waals surface area (Å²) in [4.78, 5) is 28.2. The second-order valence-electron chi connectivity index (χ2n) is 6.27. The quantitative estimate of drug-likeness (QED) is 0.800. The average Bonchev–Trinajstić information content (AvgIpc) is 3.07. The van der Waals surface area contributed by atoms with E-state index < -0.39 is 0 Å². The summed E-state index contributed by atoms with van der Waals surface area (Å²) in [6, 6.07) is 15.4. The second kappa shape index (κ2) is 8.04. The Morgan fingerprint density at radius 1 is 1.12 bits per heavy atom. The molecule has 0 atom stereocenters. The number of fused-ring (bicyclic) bond motifs is 1. The predicted octanol–water partition coefficient (Wildman–Crippen LogP) is 3.42. The van der Waals surface area contributed by atoms with Crippen LogP contribution in [0, 0.1) is 0 Å². The molecule has 1 aliphatic heterocycles. The largest absolute Gasteiger partial charge is 0.494 e. The van der Waals surface area contributed by atoms with Crippen molar-refractivity contribution in [2.45, 2.75) is 26.7 Å². The molecule has 5 heteroatoms. The summed E-state index contributed by atoms with van der Waals surface area (Å²) >= 11 is 0. The highest BCUT2D eigenvalue weighted by Gasteiger charge is 2.24. The first-order chi connectivity index (χ1) is 12.6. The van der Waals surface area contributed by atoms with Crippen LogP contribution >= 0.6 is 0 Å². The van der Waals surface area contributed by atoms with Crippen molar-refractivity contribution < 1.29 is 14.3 Å². The molecular weight excluding hydrogens is 328 g/mol. The Morgan fingerprint density at radius 2 is 1.85 bits per heavy atom. The molecule has 0 aromatic heterocycles. The summed E-state index contributed by atoms with van der Waals surface area (Å²) < 4.78 is 5.44. The molecule has 0 spiro atoms. The molecule has 0 saturated heterocycles. The van der Waals surface area contributed by atoms with E-state index in [4.69, 9.17) is 4.74 Å². The average molecular weight is 352 g/mol. The van der Waals surface area contributed by atoms with Crippen molar-refractivity contribution in [3.8, 4) is 5.75 Å². The number of benzene rings is 2. The molecule has 136 valence electrons. The van der Waals surface area contributed by atoms with E-state index in [0.717, 1.165) is 23.5 Å². The molecule has 2 aromatic rings. The smallest absolute Gasteiger partial charge is 0.228 e. The van der Waals surface area contributed by atoms with Crippen molar-refractivity contribution in [2.75, 3.05) is 29.5 Å². The third-order valence-electron chi connectivity index (χ3n) is 4.58. The lowest BCUT2D eigenvalue weighted by Crippen LogP contribution is -2.35. The van der Waals surface area contributed by atoms with Crippen LogP contribution in [0.15, 0.2) is 48.5 Å². The number of rotatable bonds is 6. The molecule has 0 fully saturated rings. The normalized spacial score (nSPS) is 12.6. The van der Waals surface area contributed by atoms with Crippen LogP contribution in [0.25, 0.3) is 0 Å². The van der Waals surface area contributed by atoms with E-state index in [0.29, 0.717) is 26.1 Å². The zero-order valence-electron chi connectivity index (χ0n) is 15.3. The summed E-state index contributed by atoms with van der Waals surface area (Å²) in [5.74, 6) is 0.737. The summed E-state index contributed by atoms with van der Waals surface area (Å²) in [6.07, 6.45) is 1.18. The number of carbonyl (C=O) groups is 2. The first-order valence-electron chi connectivity index (χ1n) is 8.99. The highest BCUT2D eigenvalue weighted by atomic mass is 16.5. The number of carbonyl (C=O) groups excluding carboxylic acids is 2.